The third-order valence-corrected chi connectivity index (χ3v) is 6.16. The summed E-state index contributed by atoms with van der Waals surface area (Å²) in [5.74, 6) is 2.48. The van der Waals surface area contributed by atoms with Crippen LogP contribution in [0.3, 0.4) is 0 Å². The predicted octanol–water partition coefficient (Wildman–Crippen LogP) is 7.50. The number of fused-ring (bicyclic) bond motifs is 5. The number of ether oxygens (including phenoxy) is 1. The van der Waals surface area contributed by atoms with Gasteiger partial charge in [0.1, 0.15) is 5.58 Å². The second-order valence-corrected chi connectivity index (χ2v) is 8.27. The average molecular weight is 381 g/mol. The Hall–Kier alpha value is -3.20. The predicted molar refractivity (Wildman–Crippen MR) is 117 cm³/mol. The molecule has 2 aliphatic rings. The first-order valence-corrected chi connectivity index (χ1v) is 10.4. The Kier molecular flexibility index (Phi) is 3.55. The van der Waals surface area contributed by atoms with Crippen LogP contribution in [0.1, 0.15) is 35.1 Å². The Morgan fingerprint density at radius 2 is 1.66 bits per heavy atom. The van der Waals surface area contributed by atoms with Crippen molar-refractivity contribution in [3.8, 4) is 11.5 Å². The van der Waals surface area contributed by atoms with E-state index in [9.17, 15) is 0 Å². The fourth-order valence-electron chi connectivity index (χ4n) is 4.74. The minimum Gasteiger partial charge on any atom is -0.449 e. The standard InChI is InChI=1S/C26H23NO2/c1-16-11-13-23-20(14-16)25-26(29-23)27(22-12-10-17(2)15-24(22)28-25)21-9-5-7-18-6-3-4-8-19(18)21/h5,7,9-15H,3-4,6,8H2,1-2H3. The fraction of sp³-hybridized carbons (Fsp3) is 0.231. The summed E-state index contributed by atoms with van der Waals surface area (Å²) < 4.78 is 12.8. The molecule has 4 aromatic rings. The van der Waals surface area contributed by atoms with Gasteiger partial charge in [-0.05, 0) is 86.6 Å². The fourth-order valence-corrected chi connectivity index (χ4v) is 4.74. The monoisotopic (exact) mass is 381 g/mol. The minimum atomic E-state index is 0.779. The van der Waals surface area contributed by atoms with E-state index < -0.39 is 0 Å². The number of rotatable bonds is 1. The van der Waals surface area contributed by atoms with Crippen LogP contribution >= 0.6 is 0 Å². The Morgan fingerprint density at radius 3 is 2.59 bits per heavy atom. The Morgan fingerprint density at radius 1 is 0.828 bits per heavy atom. The van der Waals surface area contributed by atoms with Gasteiger partial charge in [0.15, 0.2) is 11.5 Å². The molecule has 2 heterocycles. The van der Waals surface area contributed by atoms with Gasteiger partial charge in [-0.3, -0.25) is 4.90 Å². The molecular weight excluding hydrogens is 358 g/mol. The van der Waals surface area contributed by atoms with E-state index in [2.05, 4.69) is 67.3 Å². The van der Waals surface area contributed by atoms with E-state index in [0.29, 0.717) is 0 Å². The molecule has 0 unspecified atom stereocenters. The van der Waals surface area contributed by atoms with E-state index >= 15 is 0 Å². The maximum Gasteiger partial charge on any atom is 0.249 e. The molecule has 3 nitrogen and oxygen atoms in total. The molecule has 0 spiro atoms. The number of benzene rings is 3. The lowest BCUT2D eigenvalue weighted by Crippen LogP contribution is -2.18. The molecule has 6 rings (SSSR count). The molecule has 1 aliphatic carbocycles. The van der Waals surface area contributed by atoms with Crippen LogP contribution < -0.4 is 9.64 Å². The van der Waals surface area contributed by atoms with E-state index in [1.54, 1.807) is 0 Å². The molecule has 0 fully saturated rings. The van der Waals surface area contributed by atoms with Crippen LogP contribution in [0.15, 0.2) is 59.0 Å². The summed E-state index contributed by atoms with van der Waals surface area (Å²) in [4.78, 5) is 2.27. The molecule has 1 aliphatic heterocycles. The van der Waals surface area contributed by atoms with Crippen LogP contribution in [-0.2, 0) is 12.8 Å². The molecule has 3 aromatic carbocycles. The number of nitrogens with zero attached hydrogens (tertiary/aromatic N) is 1. The second-order valence-electron chi connectivity index (χ2n) is 8.27. The van der Waals surface area contributed by atoms with Crippen LogP contribution in [-0.4, -0.2) is 0 Å². The van der Waals surface area contributed by atoms with E-state index in [1.165, 1.54) is 40.8 Å². The quantitative estimate of drug-likeness (QED) is 0.300. The third kappa shape index (κ3) is 2.50. The van der Waals surface area contributed by atoms with Gasteiger partial charge >= 0.3 is 0 Å². The molecule has 0 atom stereocenters. The first-order valence-electron chi connectivity index (χ1n) is 10.4. The molecular formula is C26H23NO2. The molecule has 0 saturated carbocycles. The SMILES string of the molecule is Cc1ccc2c(c1)Oc1c(oc3ccc(C)cc13)N2c1cccc2c1CCCC2. The zero-order valence-corrected chi connectivity index (χ0v) is 16.8. The maximum absolute atomic E-state index is 6.43. The van der Waals surface area contributed by atoms with Crippen molar-refractivity contribution in [2.45, 2.75) is 39.5 Å². The highest BCUT2D eigenvalue weighted by Crippen LogP contribution is 2.55. The highest BCUT2D eigenvalue weighted by Gasteiger charge is 2.33. The number of hydrogen-bond donors (Lipinski definition) is 0. The van der Waals surface area contributed by atoms with Crippen LogP contribution in [0.2, 0.25) is 0 Å². The number of anilines is 3. The van der Waals surface area contributed by atoms with Crippen LogP contribution in [0, 0.1) is 13.8 Å². The smallest absolute Gasteiger partial charge is 0.249 e. The summed E-state index contributed by atoms with van der Waals surface area (Å²) in [5.41, 5.74) is 8.40. The molecule has 3 heteroatoms. The highest BCUT2D eigenvalue weighted by atomic mass is 16.5. The molecule has 144 valence electrons. The summed E-state index contributed by atoms with van der Waals surface area (Å²) in [6.07, 6.45) is 4.77. The van der Waals surface area contributed by atoms with Crippen LogP contribution in [0.4, 0.5) is 17.3 Å². The van der Waals surface area contributed by atoms with E-state index in [-0.39, 0.29) is 0 Å². The molecule has 0 amide bonds. The zero-order valence-electron chi connectivity index (χ0n) is 16.8. The van der Waals surface area contributed by atoms with Gasteiger partial charge in [-0.1, -0.05) is 29.8 Å². The molecule has 0 radical (unpaired) electrons. The van der Waals surface area contributed by atoms with Gasteiger partial charge < -0.3 is 9.15 Å². The van der Waals surface area contributed by atoms with Crippen molar-refractivity contribution in [2.24, 2.45) is 0 Å². The molecule has 0 saturated heterocycles. The van der Waals surface area contributed by atoms with Crippen molar-refractivity contribution in [2.75, 3.05) is 4.90 Å². The lowest BCUT2D eigenvalue weighted by atomic mass is 9.90. The molecule has 29 heavy (non-hydrogen) atoms. The normalized spacial score (nSPS) is 14.9. The van der Waals surface area contributed by atoms with E-state index in [4.69, 9.17) is 9.15 Å². The van der Waals surface area contributed by atoms with Gasteiger partial charge in [0.2, 0.25) is 5.88 Å². The van der Waals surface area contributed by atoms with Crippen molar-refractivity contribution in [1.29, 1.82) is 0 Å². The van der Waals surface area contributed by atoms with Crippen molar-refractivity contribution < 1.29 is 9.15 Å². The lowest BCUT2D eigenvalue weighted by molar-refractivity contribution is 0.463. The molecule has 1 aromatic heterocycles. The van der Waals surface area contributed by atoms with Crippen molar-refractivity contribution in [3.63, 3.8) is 0 Å². The largest absolute Gasteiger partial charge is 0.449 e. The summed E-state index contributed by atoms with van der Waals surface area (Å²) in [7, 11) is 0. The average Bonchev–Trinajstić information content (AvgIpc) is 3.09. The summed E-state index contributed by atoms with van der Waals surface area (Å²) in [6, 6.07) is 19.4. The third-order valence-electron chi connectivity index (χ3n) is 6.16. The maximum atomic E-state index is 6.43. The number of aryl methyl sites for hydroxylation is 3. The second kappa shape index (κ2) is 6.15. The summed E-state index contributed by atoms with van der Waals surface area (Å²) in [5, 5.41) is 1.03. The minimum absolute atomic E-state index is 0.779. The van der Waals surface area contributed by atoms with Gasteiger partial charge in [-0.15, -0.1) is 0 Å². The number of furan rings is 1. The first-order chi connectivity index (χ1) is 14.2. The Bertz CT molecular complexity index is 1270. The van der Waals surface area contributed by atoms with Gasteiger partial charge in [0, 0.05) is 0 Å². The Labute approximate surface area is 170 Å². The van der Waals surface area contributed by atoms with Crippen LogP contribution in [0.25, 0.3) is 11.0 Å². The number of hydrogen-bond acceptors (Lipinski definition) is 3. The zero-order chi connectivity index (χ0) is 19.5. The van der Waals surface area contributed by atoms with Crippen molar-refractivity contribution >= 4 is 28.2 Å². The van der Waals surface area contributed by atoms with Gasteiger partial charge in [0.05, 0.1) is 16.8 Å². The summed E-state index contributed by atoms with van der Waals surface area (Å²) >= 11 is 0. The van der Waals surface area contributed by atoms with Crippen molar-refractivity contribution in [3.05, 3.63) is 76.9 Å². The summed E-state index contributed by atoms with van der Waals surface area (Å²) in [6.45, 7) is 4.20. The van der Waals surface area contributed by atoms with Crippen molar-refractivity contribution in [1.82, 2.24) is 0 Å². The molecule has 0 N–H and O–H groups in total. The lowest BCUT2D eigenvalue weighted by Gasteiger charge is -2.32. The topological polar surface area (TPSA) is 25.6 Å². The van der Waals surface area contributed by atoms with Gasteiger partial charge in [0.25, 0.3) is 0 Å². The first kappa shape index (κ1) is 16.7. The van der Waals surface area contributed by atoms with E-state index in [0.717, 1.165) is 46.9 Å². The van der Waals surface area contributed by atoms with Gasteiger partial charge in [-0.25, -0.2) is 0 Å². The highest BCUT2D eigenvalue weighted by molar-refractivity contribution is 5.97. The molecule has 0 bridgehead atoms. The Balaban J connectivity index is 1.66. The van der Waals surface area contributed by atoms with Crippen LogP contribution in [0.5, 0.6) is 11.5 Å². The van der Waals surface area contributed by atoms with E-state index in [1.807, 2.05) is 6.07 Å². The van der Waals surface area contributed by atoms with Gasteiger partial charge in [-0.2, -0.15) is 0 Å².